The summed E-state index contributed by atoms with van der Waals surface area (Å²) in [5.74, 6) is 1.51. The summed E-state index contributed by atoms with van der Waals surface area (Å²) in [5.41, 5.74) is 21.2. The fourth-order valence-corrected chi connectivity index (χ4v) is 9.70. The summed E-state index contributed by atoms with van der Waals surface area (Å²) in [5, 5.41) is 0. The Labute approximate surface area is 429 Å². The molecule has 11 nitrogen and oxygen atoms in total. The summed E-state index contributed by atoms with van der Waals surface area (Å²) in [7, 11) is 0. The third-order valence-corrected chi connectivity index (χ3v) is 13.9. The van der Waals surface area contributed by atoms with E-state index in [1.54, 1.807) is 12.4 Å². The summed E-state index contributed by atoms with van der Waals surface area (Å²) in [6.45, 7) is 22.9. The number of nitrogens with one attached hydrogen (secondary N) is 2. The van der Waals surface area contributed by atoms with E-state index in [0.29, 0.717) is 66.1 Å². The highest BCUT2D eigenvalue weighted by molar-refractivity contribution is 6.02. The van der Waals surface area contributed by atoms with Crippen LogP contribution < -0.4 is 9.47 Å². The van der Waals surface area contributed by atoms with Gasteiger partial charge in [-0.15, -0.1) is 0 Å². The number of hydrogen-bond acceptors (Lipinski definition) is 9. The van der Waals surface area contributed by atoms with Crippen molar-refractivity contribution in [1.82, 2.24) is 24.9 Å². The van der Waals surface area contributed by atoms with Gasteiger partial charge in [0.2, 0.25) is 0 Å². The number of aryl methyl sites for hydroxylation is 4. The standard InChI is InChI=1S/C61H81N5O6/c1-9-13-22-49-42(5)53-38-54-43(6)50(23-14-10-2)56(64-54)40-58-52(25-16-12-4)45(8)61(66-58)59(60-44(7)51(24-15-11-3)57(65-60)39-55(49)63-53)46-19-17-20-47(37-46)71-35-33-69-31-29-67-27-28-68-30-32-70-34-36-72-48-21-18-26-62-41-48/h17-21,26,37-41,63-64H,9-16,22-25,27-36H2,1-8H3. The molecule has 72 heavy (non-hydrogen) atoms. The molecule has 0 fully saturated rings. The van der Waals surface area contributed by atoms with Crippen molar-refractivity contribution < 1.29 is 28.4 Å². The monoisotopic (exact) mass is 980 g/mol. The molecule has 0 spiro atoms. The van der Waals surface area contributed by atoms with Gasteiger partial charge in [-0.05, 0) is 172 Å². The van der Waals surface area contributed by atoms with Crippen LogP contribution in [0.3, 0.4) is 0 Å². The van der Waals surface area contributed by atoms with Crippen molar-refractivity contribution in [2.24, 2.45) is 0 Å². The smallest absolute Gasteiger partial charge is 0.137 e. The van der Waals surface area contributed by atoms with Crippen molar-refractivity contribution in [2.75, 3.05) is 66.1 Å². The largest absolute Gasteiger partial charge is 0.491 e. The predicted octanol–water partition coefficient (Wildman–Crippen LogP) is 14.4. The lowest BCUT2D eigenvalue weighted by molar-refractivity contribution is -0.00699. The average Bonchev–Trinajstić information content (AvgIpc) is 4.06. The molecule has 0 saturated heterocycles. The summed E-state index contributed by atoms with van der Waals surface area (Å²) in [6, 6.07) is 19.2. The van der Waals surface area contributed by atoms with Crippen molar-refractivity contribution in [2.45, 2.75) is 132 Å². The Hall–Kier alpha value is -5.59. The van der Waals surface area contributed by atoms with Crippen LogP contribution in [0.25, 0.3) is 55.5 Å². The minimum atomic E-state index is 0.407. The molecule has 386 valence electrons. The molecule has 0 unspecified atom stereocenters. The van der Waals surface area contributed by atoms with Gasteiger partial charge in [0.15, 0.2) is 0 Å². The van der Waals surface area contributed by atoms with Crippen LogP contribution in [0.15, 0.2) is 67.0 Å². The maximum absolute atomic E-state index is 6.41. The average molecular weight is 980 g/mol. The van der Waals surface area contributed by atoms with Gasteiger partial charge in [0.25, 0.3) is 0 Å². The van der Waals surface area contributed by atoms with E-state index in [0.717, 1.165) is 145 Å². The summed E-state index contributed by atoms with van der Waals surface area (Å²) in [6.07, 6.45) is 16.3. The number of aromatic amines is 2. The molecular weight excluding hydrogens is 899 g/mol. The number of unbranched alkanes of at least 4 members (excludes halogenated alkanes) is 4. The third-order valence-electron chi connectivity index (χ3n) is 13.9. The van der Waals surface area contributed by atoms with Crippen molar-refractivity contribution in [3.05, 3.63) is 112 Å². The Bertz CT molecular complexity index is 2640. The van der Waals surface area contributed by atoms with E-state index >= 15 is 0 Å². The zero-order valence-corrected chi connectivity index (χ0v) is 44.7. The van der Waals surface area contributed by atoms with Crippen LogP contribution in [-0.2, 0) is 31.8 Å². The maximum atomic E-state index is 6.41. The normalized spacial score (nSPS) is 12.7. The second-order valence-electron chi connectivity index (χ2n) is 19.1. The minimum absolute atomic E-state index is 0.407. The zero-order valence-electron chi connectivity index (χ0n) is 44.7. The number of fused-ring (bicyclic) bond motifs is 8. The number of H-pyrrole nitrogens is 2. The second-order valence-corrected chi connectivity index (χ2v) is 19.1. The fourth-order valence-electron chi connectivity index (χ4n) is 9.70. The van der Waals surface area contributed by atoms with E-state index in [1.165, 1.54) is 44.5 Å². The molecule has 5 aromatic rings. The van der Waals surface area contributed by atoms with Gasteiger partial charge in [-0.25, -0.2) is 9.97 Å². The number of nitrogens with zero attached hydrogens (tertiary/aromatic N) is 3. The number of ether oxygens (including phenoxy) is 6. The molecule has 0 saturated carbocycles. The van der Waals surface area contributed by atoms with E-state index in [9.17, 15) is 0 Å². The maximum Gasteiger partial charge on any atom is 0.137 e. The van der Waals surface area contributed by atoms with Crippen LogP contribution in [0.5, 0.6) is 11.5 Å². The third kappa shape index (κ3) is 14.1. The molecule has 2 aliphatic heterocycles. The Morgan fingerprint density at radius 3 is 1.36 bits per heavy atom. The quantitative estimate of drug-likeness (QED) is 0.0433. The van der Waals surface area contributed by atoms with Crippen LogP contribution >= 0.6 is 0 Å². The van der Waals surface area contributed by atoms with Crippen LogP contribution in [0.2, 0.25) is 0 Å². The predicted molar refractivity (Wildman–Crippen MR) is 296 cm³/mol. The van der Waals surface area contributed by atoms with Gasteiger partial charge < -0.3 is 38.4 Å². The van der Waals surface area contributed by atoms with Crippen LogP contribution in [0.4, 0.5) is 0 Å². The lowest BCUT2D eigenvalue weighted by atomic mass is 9.92. The molecule has 8 bridgehead atoms. The molecule has 6 heterocycles. The molecule has 11 heteroatoms. The van der Waals surface area contributed by atoms with Gasteiger partial charge in [-0.2, -0.15) is 0 Å². The van der Waals surface area contributed by atoms with Gasteiger partial charge >= 0.3 is 0 Å². The van der Waals surface area contributed by atoms with Crippen molar-refractivity contribution in [1.29, 1.82) is 0 Å². The van der Waals surface area contributed by atoms with Crippen molar-refractivity contribution >= 4 is 44.4 Å². The molecule has 4 aromatic heterocycles. The van der Waals surface area contributed by atoms with Crippen molar-refractivity contribution in [3.63, 3.8) is 0 Å². The molecule has 0 radical (unpaired) electrons. The minimum Gasteiger partial charge on any atom is -0.491 e. The summed E-state index contributed by atoms with van der Waals surface area (Å²) < 4.78 is 34.9. The molecule has 0 aliphatic carbocycles. The fraction of sp³-hybridized carbons (Fsp3) is 0.492. The zero-order chi connectivity index (χ0) is 50.7. The first-order valence-electron chi connectivity index (χ1n) is 27.0. The Morgan fingerprint density at radius 1 is 0.458 bits per heavy atom. The number of allylic oxidation sites excluding steroid dienone is 4. The Balaban J connectivity index is 1.15. The first-order chi connectivity index (χ1) is 35.3. The molecular formula is C61H81N5O6. The van der Waals surface area contributed by atoms with Gasteiger partial charge in [-0.1, -0.05) is 65.5 Å². The highest BCUT2D eigenvalue weighted by Crippen LogP contribution is 2.45. The van der Waals surface area contributed by atoms with Gasteiger partial charge in [0.1, 0.15) is 24.7 Å². The highest BCUT2D eigenvalue weighted by Gasteiger charge is 2.27. The number of aromatic nitrogens is 5. The van der Waals surface area contributed by atoms with Crippen LogP contribution in [0, 0.1) is 13.8 Å². The van der Waals surface area contributed by atoms with E-state index < -0.39 is 0 Å². The summed E-state index contributed by atoms with van der Waals surface area (Å²) in [4.78, 5) is 23.3. The number of benzene rings is 1. The second kappa shape index (κ2) is 28.0. The highest BCUT2D eigenvalue weighted by atomic mass is 16.6. The van der Waals surface area contributed by atoms with Gasteiger partial charge in [0, 0.05) is 33.8 Å². The first-order valence-corrected chi connectivity index (χ1v) is 27.0. The van der Waals surface area contributed by atoms with Crippen LogP contribution in [-0.4, -0.2) is 91.0 Å². The van der Waals surface area contributed by atoms with E-state index in [2.05, 4.69) is 107 Å². The summed E-state index contributed by atoms with van der Waals surface area (Å²) >= 11 is 0. The van der Waals surface area contributed by atoms with Gasteiger partial charge in [0.05, 0.1) is 81.8 Å². The lowest BCUT2D eigenvalue weighted by Gasteiger charge is -2.13. The van der Waals surface area contributed by atoms with E-state index in [1.807, 2.05) is 18.2 Å². The van der Waals surface area contributed by atoms with E-state index in [-0.39, 0.29) is 0 Å². The molecule has 0 atom stereocenters. The van der Waals surface area contributed by atoms with E-state index in [4.69, 9.17) is 38.4 Å². The SMILES string of the molecule is CCCCC1=C(C)c2nc1cc1[nH]c(cc3[nH]c(cc4nc(c2-c2cccc(OCCOCCOCCOCCOCCOc5cccnc5)c2)C(C)=C4CCCC)c(CCCC)c3C)c(C)c1CCCC. The Morgan fingerprint density at radius 2 is 0.903 bits per heavy atom. The van der Waals surface area contributed by atoms with Crippen LogP contribution in [0.1, 0.15) is 151 Å². The van der Waals surface area contributed by atoms with Gasteiger partial charge in [-0.3, -0.25) is 4.98 Å². The first kappa shape index (κ1) is 54.2. The number of hydrogen-bond donors (Lipinski definition) is 2. The van der Waals surface area contributed by atoms with Crippen molar-refractivity contribution in [3.8, 4) is 22.6 Å². The number of rotatable bonds is 30. The molecule has 2 aliphatic rings. The molecule has 2 N–H and O–H groups in total. The molecule has 1 aromatic carbocycles. The molecule has 0 amide bonds. The Kier molecular flexibility index (Phi) is 21.1. The number of pyridine rings is 1. The topological polar surface area (TPSA) is 126 Å². The lowest BCUT2D eigenvalue weighted by Crippen LogP contribution is -2.14. The molecule has 7 rings (SSSR count).